The second kappa shape index (κ2) is 6.41. The van der Waals surface area contributed by atoms with Crippen molar-refractivity contribution in [2.24, 2.45) is 0 Å². The maximum atomic E-state index is 13.3. The molecular weight excluding hydrogens is 301 g/mol. The van der Waals surface area contributed by atoms with E-state index in [-0.39, 0.29) is 16.3 Å². The number of hydrogen-bond acceptors (Lipinski definition) is 2. The summed E-state index contributed by atoms with van der Waals surface area (Å²) in [7, 11) is -3.74. The largest absolute Gasteiger partial charge is 0.241 e. The van der Waals surface area contributed by atoms with E-state index in [2.05, 4.69) is 4.72 Å². The Morgan fingerprint density at radius 3 is 2.70 bits per heavy atom. The van der Waals surface area contributed by atoms with Crippen molar-refractivity contribution in [3.8, 4) is 0 Å². The molecule has 1 N–H and O–H groups in total. The number of halogens is 2. The number of aryl methyl sites for hydroxylation is 1. The summed E-state index contributed by atoms with van der Waals surface area (Å²) in [6.45, 7) is 1.65. The van der Waals surface area contributed by atoms with Crippen molar-refractivity contribution in [2.75, 3.05) is 0 Å². The zero-order chi connectivity index (χ0) is 14.8. The second-order valence-electron chi connectivity index (χ2n) is 5.29. The average molecular weight is 320 g/mol. The van der Waals surface area contributed by atoms with Gasteiger partial charge in [0.1, 0.15) is 5.82 Å². The van der Waals surface area contributed by atoms with E-state index in [0.29, 0.717) is 5.56 Å². The normalized spacial score (nSPS) is 24.4. The molecule has 20 heavy (non-hydrogen) atoms. The molecule has 6 heteroatoms. The summed E-state index contributed by atoms with van der Waals surface area (Å²) in [6, 6.07) is 3.49. The van der Waals surface area contributed by atoms with E-state index in [1.54, 1.807) is 6.92 Å². The van der Waals surface area contributed by atoms with Gasteiger partial charge in [0.05, 0.1) is 4.90 Å². The van der Waals surface area contributed by atoms with Crippen LogP contribution >= 0.6 is 11.6 Å². The van der Waals surface area contributed by atoms with Crippen molar-refractivity contribution in [2.45, 2.75) is 55.3 Å². The van der Waals surface area contributed by atoms with E-state index in [1.165, 1.54) is 12.1 Å². The molecule has 1 aromatic rings. The van der Waals surface area contributed by atoms with Gasteiger partial charge in [-0.2, -0.15) is 0 Å². The van der Waals surface area contributed by atoms with Crippen LogP contribution in [-0.4, -0.2) is 19.8 Å². The minimum Gasteiger partial charge on any atom is -0.207 e. The van der Waals surface area contributed by atoms with Crippen molar-refractivity contribution in [1.29, 1.82) is 0 Å². The number of sulfonamides is 1. The highest BCUT2D eigenvalue weighted by molar-refractivity contribution is 7.89. The van der Waals surface area contributed by atoms with E-state index in [0.717, 1.165) is 38.2 Å². The predicted octanol–water partition coefficient (Wildman–Crippen LogP) is 3.35. The van der Waals surface area contributed by atoms with Crippen molar-refractivity contribution in [1.82, 2.24) is 4.72 Å². The fourth-order valence-corrected chi connectivity index (χ4v) is 4.51. The summed E-state index contributed by atoms with van der Waals surface area (Å²) >= 11 is 6.25. The Morgan fingerprint density at radius 1 is 1.25 bits per heavy atom. The van der Waals surface area contributed by atoms with Crippen molar-refractivity contribution < 1.29 is 12.8 Å². The van der Waals surface area contributed by atoms with Crippen LogP contribution in [0.15, 0.2) is 23.1 Å². The van der Waals surface area contributed by atoms with E-state index in [9.17, 15) is 12.8 Å². The first-order chi connectivity index (χ1) is 9.40. The lowest BCUT2D eigenvalue weighted by Gasteiger charge is -2.21. The number of benzene rings is 1. The molecule has 0 heterocycles. The molecule has 2 rings (SSSR count). The molecule has 0 radical (unpaired) electrons. The monoisotopic (exact) mass is 319 g/mol. The molecule has 1 aliphatic carbocycles. The maximum Gasteiger partial charge on any atom is 0.241 e. The lowest BCUT2D eigenvalue weighted by Crippen LogP contribution is -2.40. The molecule has 1 saturated carbocycles. The Hall–Kier alpha value is -0.650. The van der Waals surface area contributed by atoms with Gasteiger partial charge in [0.25, 0.3) is 0 Å². The fourth-order valence-electron chi connectivity index (χ4n) is 2.52. The number of nitrogens with one attached hydrogen (secondary N) is 1. The van der Waals surface area contributed by atoms with Gasteiger partial charge in [-0.05, 0) is 37.5 Å². The molecule has 0 aromatic heterocycles. The fraction of sp³-hybridized carbons (Fsp3) is 0.571. The first kappa shape index (κ1) is 15.7. The Kier molecular flexibility index (Phi) is 5.04. The molecule has 112 valence electrons. The quantitative estimate of drug-likeness (QED) is 0.686. The Bertz CT molecular complexity index is 577. The van der Waals surface area contributed by atoms with Crippen LogP contribution in [0.25, 0.3) is 0 Å². The van der Waals surface area contributed by atoms with E-state index in [4.69, 9.17) is 11.6 Å². The number of hydrogen-bond donors (Lipinski definition) is 1. The van der Waals surface area contributed by atoms with E-state index >= 15 is 0 Å². The summed E-state index contributed by atoms with van der Waals surface area (Å²) in [5.74, 6) is -0.556. The molecule has 0 saturated heterocycles. The van der Waals surface area contributed by atoms with Gasteiger partial charge in [0.15, 0.2) is 0 Å². The first-order valence-corrected chi connectivity index (χ1v) is 8.74. The summed E-state index contributed by atoms with van der Waals surface area (Å²) < 4.78 is 40.7. The van der Waals surface area contributed by atoms with Crippen LogP contribution in [0, 0.1) is 12.7 Å². The summed E-state index contributed by atoms with van der Waals surface area (Å²) in [5, 5.41) is -0.207. The van der Waals surface area contributed by atoms with Crippen LogP contribution < -0.4 is 4.72 Å². The summed E-state index contributed by atoms with van der Waals surface area (Å²) in [4.78, 5) is -0.00869. The second-order valence-corrected chi connectivity index (χ2v) is 7.53. The van der Waals surface area contributed by atoms with Gasteiger partial charge >= 0.3 is 0 Å². The van der Waals surface area contributed by atoms with E-state index in [1.807, 2.05) is 0 Å². The highest BCUT2D eigenvalue weighted by atomic mass is 35.5. The smallest absolute Gasteiger partial charge is 0.207 e. The zero-order valence-electron chi connectivity index (χ0n) is 11.4. The molecule has 1 fully saturated rings. The van der Waals surface area contributed by atoms with Crippen LogP contribution in [-0.2, 0) is 10.0 Å². The predicted molar refractivity (Wildman–Crippen MR) is 78.0 cm³/mol. The topological polar surface area (TPSA) is 46.2 Å². The third-order valence-electron chi connectivity index (χ3n) is 3.68. The van der Waals surface area contributed by atoms with Crippen molar-refractivity contribution >= 4 is 21.6 Å². The molecule has 2 atom stereocenters. The number of alkyl halides is 1. The van der Waals surface area contributed by atoms with Crippen molar-refractivity contribution in [3.63, 3.8) is 0 Å². The third-order valence-corrected chi connectivity index (χ3v) is 5.83. The maximum absolute atomic E-state index is 13.3. The van der Waals surface area contributed by atoms with Gasteiger partial charge in [-0.3, -0.25) is 0 Å². The van der Waals surface area contributed by atoms with Gasteiger partial charge in [-0.1, -0.05) is 25.3 Å². The van der Waals surface area contributed by atoms with Crippen LogP contribution in [0.4, 0.5) is 4.39 Å². The minimum atomic E-state index is -3.74. The Morgan fingerprint density at radius 2 is 1.95 bits per heavy atom. The summed E-state index contributed by atoms with van der Waals surface area (Å²) in [5.41, 5.74) is 0.527. The van der Waals surface area contributed by atoms with Crippen molar-refractivity contribution in [3.05, 3.63) is 29.6 Å². The van der Waals surface area contributed by atoms with Crippen LogP contribution in [0.3, 0.4) is 0 Å². The zero-order valence-corrected chi connectivity index (χ0v) is 13.0. The Balaban J connectivity index is 2.24. The highest BCUT2D eigenvalue weighted by Gasteiger charge is 2.28. The van der Waals surface area contributed by atoms with Gasteiger partial charge in [0, 0.05) is 11.4 Å². The molecule has 0 amide bonds. The van der Waals surface area contributed by atoms with Crippen LogP contribution in [0.5, 0.6) is 0 Å². The highest BCUT2D eigenvalue weighted by Crippen LogP contribution is 2.25. The molecule has 1 aromatic carbocycles. The average Bonchev–Trinajstić information content (AvgIpc) is 2.57. The van der Waals surface area contributed by atoms with Gasteiger partial charge in [0.2, 0.25) is 10.0 Å². The lowest BCUT2D eigenvalue weighted by molar-refractivity contribution is 0.513. The van der Waals surface area contributed by atoms with Gasteiger partial charge in [-0.15, -0.1) is 11.6 Å². The standard InChI is InChI=1S/C14H19ClFNO2S/c1-10-7-8-11(16)9-14(10)20(18,19)17-13-6-4-2-3-5-12(13)15/h7-9,12-13,17H,2-6H2,1H3. The van der Waals surface area contributed by atoms with Crippen LogP contribution in [0.2, 0.25) is 0 Å². The molecule has 0 aliphatic heterocycles. The van der Waals surface area contributed by atoms with Crippen LogP contribution in [0.1, 0.15) is 37.7 Å². The van der Waals surface area contributed by atoms with Gasteiger partial charge < -0.3 is 0 Å². The Labute approximate surface area is 124 Å². The molecule has 2 unspecified atom stereocenters. The lowest BCUT2D eigenvalue weighted by atomic mass is 10.1. The molecular formula is C14H19ClFNO2S. The molecule has 3 nitrogen and oxygen atoms in total. The third kappa shape index (κ3) is 3.71. The molecule has 1 aliphatic rings. The first-order valence-electron chi connectivity index (χ1n) is 6.83. The molecule has 0 bridgehead atoms. The van der Waals surface area contributed by atoms with E-state index < -0.39 is 15.8 Å². The molecule has 0 spiro atoms. The summed E-state index contributed by atoms with van der Waals surface area (Å²) in [6.07, 6.45) is 4.57. The number of rotatable bonds is 3. The SMILES string of the molecule is Cc1ccc(F)cc1S(=O)(=O)NC1CCCCCC1Cl. The minimum absolute atomic E-state index is 0.00869. The van der Waals surface area contributed by atoms with Gasteiger partial charge in [-0.25, -0.2) is 17.5 Å².